The van der Waals surface area contributed by atoms with E-state index in [-0.39, 0.29) is 17.9 Å². The molecule has 2 aliphatic rings. The van der Waals surface area contributed by atoms with Crippen LogP contribution in [0.1, 0.15) is 77.3 Å². The van der Waals surface area contributed by atoms with Crippen LogP contribution in [0.25, 0.3) is 0 Å². The Morgan fingerprint density at radius 2 is 1.81 bits per heavy atom. The van der Waals surface area contributed by atoms with Crippen LogP contribution < -0.4 is 0 Å². The van der Waals surface area contributed by atoms with Gasteiger partial charge in [-0.15, -0.1) is 0 Å². The molecule has 2 aromatic rings. The van der Waals surface area contributed by atoms with Gasteiger partial charge >= 0.3 is 0 Å². The Hall–Kier alpha value is -2.77. The van der Waals surface area contributed by atoms with E-state index in [1.165, 1.54) is 0 Å². The number of rotatable bonds is 4. The fourth-order valence-electron chi connectivity index (χ4n) is 4.78. The Bertz CT molecular complexity index is 931. The van der Waals surface area contributed by atoms with E-state index in [4.69, 9.17) is 4.42 Å². The van der Waals surface area contributed by atoms with E-state index in [2.05, 4.69) is 15.0 Å². The van der Waals surface area contributed by atoms with Crippen LogP contribution in [0.2, 0.25) is 0 Å². The van der Waals surface area contributed by atoms with Crippen molar-refractivity contribution in [3.63, 3.8) is 0 Å². The van der Waals surface area contributed by atoms with E-state index in [0.717, 1.165) is 44.3 Å². The highest BCUT2D eigenvalue weighted by Crippen LogP contribution is 2.32. The van der Waals surface area contributed by atoms with Crippen molar-refractivity contribution in [2.75, 3.05) is 19.6 Å². The van der Waals surface area contributed by atoms with Crippen molar-refractivity contribution in [2.45, 2.75) is 65.3 Å². The van der Waals surface area contributed by atoms with Gasteiger partial charge in [-0.05, 0) is 51.9 Å². The van der Waals surface area contributed by atoms with Gasteiger partial charge in [0.15, 0.2) is 5.89 Å². The summed E-state index contributed by atoms with van der Waals surface area (Å²) in [7, 11) is 0. The third kappa shape index (κ3) is 4.48. The molecular weight excluding hydrogens is 394 g/mol. The smallest absolute Gasteiger partial charge is 0.291 e. The van der Waals surface area contributed by atoms with Gasteiger partial charge < -0.3 is 14.2 Å². The minimum absolute atomic E-state index is 0.0277. The van der Waals surface area contributed by atoms with Crippen molar-refractivity contribution in [3.05, 3.63) is 41.1 Å². The van der Waals surface area contributed by atoms with E-state index >= 15 is 0 Å². The molecule has 0 radical (unpaired) electrons. The average Bonchev–Trinajstić information content (AvgIpc) is 3.19. The lowest BCUT2D eigenvalue weighted by molar-refractivity contribution is 0.0362. The van der Waals surface area contributed by atoms with Crippen LogP contribution in [0, 0.1) is 19.8 Å². The molecule has 0 bridgehead atoms. The summed E-state index contributed by atoms with van der Waals surface area (Å²) in [5.41, 5.74) is 1.88. The number of nitrogens with zero attached hydrogens (tertiary/aromatic N) is 5. The van der Waals surface area contributed by atoms with Crippen LogP contribution in [0.5, 0.6) is 0 Å². The van der Waals surface area contributed by atoms with Crippen molar-refractivity contribution in [1.29, 1.82) is 0 Å². The summed E-state index contributed by atoms with van der Waals surface area (Å²) >= 11 is 0. The maximum absolute atomic E-state index is 13.1. The van der Waals surface area contributed by atoms with Gasteiger partial charge in [0.25, 0.3) is 11.8 Å². The third-order valence-corrected chi connectivity index (χ3v) is 6.52. The molecule has 4 rings (SSSR count). The number of hydrogen-bond acceptors (Lipinski definition) is 6. The highest BCUT2D eigenvalue weighted by molar-refractivity contribution is 5.93. The van der Waals surface area contributed by atoms with Crippen LogP contribution in [-0.2, 0) is 6.42 Å². The molecule has 31 heavy (non-hydrogen) atoms. The molecule has 166 valence electrons. The van der Waals surface area contributed by atoms with Crippen LogP contribution in [-0.4, -0.2) is 62.2 Å². The highest BCUT2D eigenvalue weighted by atomic mass is 16.4. The summed E-state index contributed by atoms with van der Waals surface area (Å²) in [5.74, 6) is 1.25. The van der Waals surface area contributed by atoms with Gasteiger partial charge in [-0.2, -0.15) is 0 Å². The lowest BCUT2D eigenvalue weighted by Gasteiger charge is -2.43. The summed E-state index contributed by atoms with van der Waals surface area (Å²) in [4.78, 5) is 42.8. The first-order valence-electron chi connectivity index (χ1n) is 11.3. The molecule has 8 nitrogen and oxygen atoms in total. The molecular formula is C23H31N5O3. The number of carbonyl (C=O) groups excluding carboxylic acids is 2. The number of aromatic nitrogens is 3. The summed E-state index contributed by atoms with van der Waals surface area (Å²) < 4.78 is 5.66. The zero-order chi connectivity index (χ0) is 22.0. The number of likely N-dealkylation sites (tertiary alicyclic amines) is 2. The van der Waals surface area contributed by atoms with Gasteiger partial charge in [-0.25, -0.2) is 9.97 Å². The second-order valence-electron chi connectivity index (χ2n) is 8.61. The Labute approximate surface area is 183 Å². The van der Waals surface area contributed by atoms with Crippen molar-refractivity contribution < 1.29 is 14.0 Å². The topological polar surface area (TPSA) is 92.4 Å². The van der Waals surface area contributed by atoms with Crippen LogP contribution in [0.15, 0.2) is 16.8 Å². The number of hydrogen-bond donors (Lipinski definition) is 0. The monoisotopic (exact) mass is 425 g/mol. The second-order valence-corrected chi connectivity index (χ2v) is 8.61. The lowest BCUT2D eigenvalue weighted by atomic mass is 9.83. The molecule has 0 saturated carbocycles. The maximum atomic E-state index is 13.1. The van der Waals surface area contributed by atoms with Crippen molar-refractivity contribution >= 4 is 11.8 Å². The molecule has 2 fully saturated rings. The second kappa shape index (κ2) is 9.16. The number of aryl methyl sites for hydroxylation is 3. The zero-order valence-electron chi connectivity index (χ0n) is 18.6. The molecule has 2 aromatic heterocycles. The van der Waals surface area contributed by atoms with Gasteiger partial charge in [-0.1, -0.05) is 6.92 Å². The minimum Gasteiger partial charge on any atom is -0.435 e. The first kappa shape index (κ1) is 21.5. The Balaban J connectivity index is 1.41. The number of oxazole rings is 1. The van der Waals surface area contributed by atoms with Crippen LogP contribution in [0.4, 0.5) is 0 Å². The van der Waals surface area contributed by atoms with Crippen molar-refractivity contribution in [2.24, 2.45) is 5.92 Å². The van der Waals surface area contributed by atoms with E-state index in [1.807, 2.05) is 30.6 Å². The lowest BCUT2D eigenvalue weighted by Crippen LogP contribution is -2.51. The third-order valence-electron chi connectivity index (χ3n) is 6.52. The molecule has 0 aliphatic carbocycles. The van der Waals surface area contributed by atoms with E-state index in [9.17, 15) is 9.59 Å². The van der Waals surface area contributed by atoms with Crippen LogP contribution in [0.3, 0.4) is 0 Å². The first-order chi connectivity index (χ1) is 15.0. The van der Waals surface area contributed by atoms with E-state index in [1.54, 1.807) is 12.4 Å². The number of piperidine rings is 2. The Kier molecular flexibility index (Phi) is 6.34. The molecule has 2 saturated heterocycles. The van der Waals surface area contributed by atoms with Gasteiger partial charge in [0.05, 0.1) is 17.6 Å². The summed E-state index contributed by atoms with van der Waals surface area (Å²) in [5, 5.41) is 0. The molecule has 8 heteroatoms. The summed E-state index contributed by atoms with van der Waals surface area (Å²) in [6, 6.07) is 0.195. The average molecular weight is 426 g/mol. The first-order valence-corrected chi connectivity index (χ1v) is 11.3. The Morgan fingerprint density at radius 1 is 1.03 bits per heavy atom. The predicted molar refractivity (Wildman–Crippen MR) is 115 cm³/mol. The fraction of sp³-hybridized carbons (Fsp3) is 0.609. The van der Waals surface area contributed by atoms with Crippen molar-refractivity contribution in [3.8, 4) is 0 Å². The van der Waals surface area contributed by atoms with Crippen molar-refractivity contribution in [1.82, 2.24) is 24.8 Å². The SMILES string of the molecule is CCc1nc(C)c(C(=O)N2CCC(C3CCCCN3C(=O)c3cnc(C)cn3)CC2)o1. The molecule has 1 atom stereocenters. The molecule has 0 N–H and O–H groups in total. The maximum Gasteiger partial charge on any atom is 0.291 e. The zero-order valence-corrected chi connectivity index (χ0v) is 18.6. The van der Waals surface area contributed by atoms with Gasteiger partial charge in [0.1, 0.15) is 5.69 Å². The molecule has 2 amide bonds. The van der Waals surface area contributed by atoms with Gasteiger partial charge in [0.2, 0.25) is 5.76 Å². The standard InChI is InChI=1S/C23H31N5O3/c1-4-20-26-16(3)21(31-20)23(30)27-11-8-17(9-12-27)19-7-5-6-10-28(19)22(29)18-14-24-15(2)13-25-18/h13-14,17,19H,4-12H2,1-3H3. The highest BCUT2D eigenvalue weighted by Gasteiger charge is 2.37. The Morgan fingerprint density at radius 3 is 2.45 bits per heavy atom. The molecule has 1 unspecified atom stereocenters. The minimum atomic E-state index is -0.0744. The van der Waals surface area contributed by atoms with Crippen LogP contribution >= 0.6 is 0 Å². The predicted octanol–water partition coefficient (Wildman–Crippen LogP) is 3.19. The summed E-state index contributed by atoms with van der Waals surface area (Å²) in [6.07, 6.45) is 8.81. The molecule has 0 aromatic carbocycles. The van der Waals surface area contributed by atoms with Gasteiger partial charge in [-0.3, -0.25) is 14.6 Å². The fourth-order valence-corrected chi connectivity index (χ4v) is 4.78. The molecule has 2 aliphatic heterocycles. The molecule has 4 heterocycles. The summed E-state index contributed by atoms with van der Waals surface area (Å²) in [6.45, 7) is 7.76. The van der Waals surface area contributed by atoms with E-state index in [0.29, 0.717) is 48.5 Å². The number of carbonyl (C=O) groups is 2. The van der Waals surface area contributed by atoms with E-state index < -0.39 is 0 Å². The molecule has 0 spiro atoms. The van der Waals surface area contributed by atoms with Gasteiger partial charge in [0, 0.05) is 38.3 Å². The largest absolute Gasteiger partial charge is 0.435 e. The quantitative estimate of drug-likeness (QED) is 0.747. The normalized spacial score (nSPS) is 20.2. The number of amides is 2.